The van der Waals surface area contributed by atoms with Crippen LogP contribution in [-0.4, -0.2) is 69.7 Å². The van der Waals surface area contributed by atoms with E-state index < -0.39 is 36.4 Å². The number of fused-ring (bicyclic) bond motifs is 1. The Labute approximate surface area is 93.4 Å². The predicted molar refractivity (Wildman–Crippen MR) is 53.6 cm³/mol. The van der Waals surface area contributed by atoms with E-state index in [1.807, 2.05) is 4.90 Å². The molecule has 2 aliphatic heterocycles. The number of aliphatic hydroxyl groups is 3. The summed E-state index contributed by atoms with van der Waals surface area (Å²) in [4.78, 5) is 12.7. The number of rotatable bonds is 1. The maximum Gasteiger partial charge on any atom is 0.303 e. The van der Waals surface area contributed by atoms with Crippen LogP contribution in [-0.2, 0) is 9.53 Å². The Bertz CT molecular complexity index is 284. The van der Waals surface area contributed by atoms with E-state index in [4.69, 9.17) is 4.74 Å². The number of piperidine rings is 1. The van der Waals surface area contributed by atoms with Gasteiger partial charge in [0.2, 0.25) is 0 Å². The summed E-state index contributed by atoms with van der Waals surface area (Å²) in [6.07, 6.45) is -2.97. The van der Waals surface area contributed by atoms with E-state index in [0.29, 0.717) is 19.5 Å². The molecular formula is C10H17NO5. The molecule has 6 nitrogen and oxygen atoms in total. The first kappa shape index (κ1) is 11.8. The van der Waals surface area contributed by atoms with Crippen LogP contribution in [0.2, 0.25) is 0 Å². The lowest BCUT2D eigenvalue weighted by atomic mass is 9.93. The predicted octanol–water partition coefficient (Wildman–Crippen LogP) is -1.91. The number of aliphatic hydroxyl groups excluding tert-OH is 3. The van der Waals surface area contributed by atoms with Gasteiger partial charge in [0.15, 0.2) is 0 Å². The summed E-state index contributed by atoms with van der Waals surface area (Å²) < 4.78 is 4.95. The number of carbonyl (C=O) groups excluding carboxylic acids is 1. The third kappa shape index (κ3) is 1.93. The van der Waals surface area contributed by atoms with Crippen molar-refractivity contribution >= 4 is 5.97 Å². The topological polar surface area (TPSA) is 90.2 Å². The maximum absolute atomic E-state index is 10.8. The molecule has 2 heterocycles. The van der Waals surface area contributed by atoms with Gasteiger partial charge in [-0.3, -0.25) is 9.69 Å². The molecule has 2 saturated heterocycles. The Morgan fingerprint density at radius 1 is 1.31 bits per heavy atom. The van der Waals surface area contributed by atoms with Crippen LogP contribution in [0.4, 0.5) is 0 Å². The van der Waals surface area contributed by atoms with Crippen molar-refractivity contribution in [1.82, 2.24) is 4.90 Å². The molecule has 5 atom stereocenters. The molecule has 2 rings (SSSR count). The van der Waals surface area contributed by atoms with Crippen molar-refractivity contribution in [3.63, 3.8) is 0 Å². The van der Waals surface area contributed by atoms with Gasteiger partial charge < -0.3 is 20.1 Å². The van der Waals surface area contributed by atoms with Crippen LogP contribution in [0.25, 0.3) is 0 Å². The van der Waals surface area contributed by atoms with E-state index in [1.165, 1.54) is 6.92 Å². The van der Waals surface area contributed by atoms with Crippen molar-refractivity contribution in [3.8, 4) is 0 Å². The molecule has 0 aromatic rings. The van der Waals surface area contributed by atoms with Gasteiger partial charge >= 0.3 is 5.97 Å². The lowest BCUT2D eigenvalue weighted by Crippen LogP contribution is -2.62. The molecule has 3 N–H and O–H groups in total. The molecule has 0 aromatic carbocycles. The zero-order valence-electron chi connectivity index (χ0n) is 9.11. The zero-order valence-corrected chi connectivity index (χ0v) is 9.11. The molecule has 2 aliphatic rings. The highest BCUT2D eigenvalue weighted by atomic mass is 16.6. The van der Waals surface area contributed by atoms with Gasteiger partial charge in [0.1, 0.15) is 18.3 Å². The van der Waals surface area contributed by atoms with Gasteiger partial charge in [-0.15, -0.1) is 0 Å². The summed E-state index contributed by atoms with van der Waals surface area (Å²) in [5.41, 5.74) is 0. The quantitative estimate of drug-likeness (QED) is 0.456. The Morgan fingerprint density at radius 3 is 2.62 bits per heavy atom. The van der Waals surface area contributed by atoms with Gasteiger partial charge in [-0.25, -0.2) is 0 Å². The first-order valence-electron chi connectivity index (χ1n) is 5.46. The second-order valence-electron chi connectivity index (χ2n) is 4.47. The Hall–Kier alpha value is -0.690. The number of ether oxygens (including phenoxy) is 1. The molecule has 6 heteroatoms. The smallest absolute Gasteiger partial charge is 0.303 e. The fourth-order valence-electron chi connectivity index (χ4n) is 2.60. The van der Waals surface area contributed by atoms with Crippen LogP contribution in [0.5, 0.6) is 0 Å². The fourth-order valence-corrected chi connectivity index (χ4v) is 2.60. The minimum atomic E-state index is -1.13. The number of hydrogen-bond acceptors (Lipinski definition) is 6. The van der Waals surface area contributed by atoms with E-state index in [9.17, 15) is 20.1 Å². The van der Waals surface area contributed by atoms with Crippen molar-refractivity contribution in [2.45, 2.75) is 43.8 Å². The Morgan fingerprint density at radius 2 is 2.00 bits per heavy atom. The maximum atomic E-state index is 10.8. The highest BCUT2D eigenvalue weighted by molar-refractivity contribution is 5.66. The summed E-state index contributed by atoms with van der Waals surface area (Å²) in [5, 5.41) is 29.3. The highest BCUT2D eigenvalue weighted by Crippen LogP contribution is 2.29. The molecule has 0 bridgehead atoms. The largest absolute Gasteiger partial charge is 0.458 e. The third-order valence-corrected chi connectivity index (χ3v) is 3.34. The van der Waals surface area contributed by atoms with Crippen LogP contribution in [0.15, 0.2) is 0 Å². The van der Waals surface area contributed by atoms with Crippen molar-refractivity contribution in [3.05, 3.63) is 0 Å². The first-order chi connectivity index (χ1) is 7.50. The van der Waals surface area contributed by atoms with Crippen LogP contribution in [0, 0.1) is 0 Å². The average Bonchev–Trinajstić information content (AvgIpc) is 2.55. The zero-order chi connectivity index (χ0) is 11.9. The van der Waals surface area contributed by atoms with E-state index >= 15 is 0 Å². The summed E-state index contributed by atoms with van der Waals surface area (Å²) in [5.74, 6) is -0.477. The van der Waals surface area contributed by atoms with Crippen LogP contribution < -0.4 is 0 Å². The Kier molecular flexibility index (Phi) is 3.16. The molecule has 92 valence electrons. The van der Waals surface area contributed by atoms with Gasteiger partial charge in [0.05, 0.1) is 12.1 Å². The lowest BCUT2D eigenvalue weighted by molar-refractivity contribution is -0.176. The minimum absolute atomic E-state index is 0.361. The molecule has 0 radical (unpaired) electrons. The SMILES string of the molecule is CC(=O)O[C@H]1CN2CC[C@H](O)[C@@H]2[C@@H](O)[C@@H]1O. The second-order valence-corrected chi connectivity index (χ2v) is 4.47. The molecule has 0 amide bonds. The van der Waals surface area contributed by atoms with Gasteiger partial charge in [-0.05, 0) is 6.42 Å². The number of esters is 1. The molecule has 0 saturated carbocycles. The molecule has 0 aromatic heterocycles. The minimum Gasteiger partial charge on any atom is -0.458 e. The van der Waals surface area contributed by atoms with E-state index in [2.05, 4.69) is 0 Å². The van der Waals surface area contributed by atoms with Gasteiger partial charge in [0.25, 0.3) is 0 Å². The standard InChI is InChI=1S/C10H17NO5/c1-5(12)16-7-4-11-3-2-6(13)8(11)10(15)9(7)14/h6-10,13-15H,2-4H2,1H3/t6-,7-,8+,9+,10+/m0/s1. The molecular weight excluding hydrogens is 214 g/mol. The first-order valence-corrected chi connectivity index (χ1v) is 5.46. The molecule has 0 spiro atoms. The monoisotopic (exact) mass is 231 g/mol. The summed E-state index contributed by atoms with van der Waals surface area (Å²) in [6.45, 7) is 2.27. The van der Waals surface area contributed by atoms with Crippen LogP contribution in [0.3, 0.4) is 0 Å². The summed E-state index contributed by atoms with van der Waals surface area (Å²) in [7, 11) is 0. The van der Waals surface area contributed by atoms with Gasteiger partial charge in [0, 0.05) is 20.0 Å². The average molecular weight is 231 g/mol. The number of nitrogens with zero attached hydrogens (tertiary/aromatic N) is 1. The highest BCUT2D eigenvalue weighted by Gasteiger charge is 2.49. The normalized spacial score (nSPS) is 44.1. The number of carbonyl (C=O) groups is 1. The second kappa shape index (κ2) is 4.29. The molecule has 0 aliphatic carbocycles. The van der Waals surface area contributed by atoms with E-state index in [-0.39, 0.29) is 0 Å². The van der Waals surface area contributed by atoms with Crippen molar-refractivity contribution < 1.29 is 24.9 Å². The molecule has 16 heavy (non-hydrogen) atoms. The van der Waals surface area contributed by atoms with Crippen molar-refractivity contribution in [1.29, 1.82) is 0 Å². The summed E-state index contributed by atoms with van der Waals surface area (Å²) in [6, 6.07) is -0.443. The van der Waals surface area contributed by atoms with E-state index in [1.54, 1.807) is 0 Å². The van der Waals surface area contributed by atoms with Crippen molar-refractivity contribution in [2.75, 3.05) is 13.1 Å². The van der Waals surface area contributed by atoms with Gasteiger partial charge in [-0.1, -0.05) is 0 Å². The van der Waals surface area contributed by atoms with Gasteiger partial charge in [-0.2, -0.15) is 0 Å². The molecule has 0 unspecified atom stereocenters. The third-order valence-electron chi connectivity index (χ3n) is 3.34. The van der Waals surface area contributed by atoms with Crippen LogP contribution >= 0.6 is 0 Å². The summed E-state index contributed by atoms with van der Waals surface area (Å²) >= 11 is 0. The number of hydrogen-bond donors (Lipinski definition) is 3. The van der Waals surface area contributed by atoms with E-state index in [0.717, 1.165) is 0 Å². The van der Waals surface area contributed by atoms with Crippen molar-refractivity contribution in [2.24, 2.45) is 0 Å². The fraction of sp³-hybridized carbons (Fsp3) is 0.900. The Balaban J connectivity index is 2.09. The van der Waals surface area contributed by atoms with Crippen LogP contribution in [0.1, 0.15) is 13.3 Å². The lowest BCUT2D eigenvalue weighted by Gasteiger charge is -2.42. The molecule has 2 fully saturated rings.